The van der Waals surface area contributed by atoms with Crippen LogP contribution in [-0.2, 0) is 0 Å². The van der Waals surface area contributed by atoms with Gasteiger partial charge in [0, 0.05) is 5.69 Å². The monoisotopic (exact) mass is 171 g/mol. The van der Waals surface area contributed by atoms with E-state index in [-0.39, 0.29) is 0 Å². The van der Waals surface area contributed by atoms with Gasteiger partial charge < -0.3 is 5.73 Å². The third kappa shape index (κ3) is 1.37. The topological polar surface area (TPSA) is 26.0 Å². The summed E-state index contributed by atoms with van der Waals surface area (Å²) in [6, 6.07) is 10.4. The maximum absolute atomic E-state index is 5.71. The fourth-order valence-corrected chi connectivity index (χ4v) is 1.54. The van der Waals surface area contributed by atoms with Gasteiger partial charge in [-0.1, -0.05) is 18.2 Å². The van der Waals surface area contributed by atoms with E-state index in [1.165, 1.54) is 21.9 Å². The predicted molar refractivity (Wildman–Crippen MR) is 57.8 cm³/mol. The first-order valence-electron chi connectivity index (χ1n) is 4.43. The molecule has 0 aliphatic heterocycles. The van der Waals surface area contributed by atoms with Crippen LogP contribution in [0, 0.1) is 13.8 Å². The molecule has 66 valence electrons. The Hall–Kier alpha value is -1.50. The molecule has 2 aromatic carbocycles. The highest BCUT2D eigenvalue weighted by Crippen LogP contribution is 2.21. The van der Waals surface area contributed by atoms with Gasteiger partial charge >= 0.3 is 0 Å². The molecule has 0 aliphatic carbocycles. The Balaban J connectivity index is 2.81. The van der Waals surface area contributed by atoms with E-state index < -0.39 is 0 Å². The molecular weight excluding hydrogens is 158 g/mol. The minimum absolute atomic E-state index is 0.829. The van der Waals surface area contributed by atoms with Crippen LogP contribution in [0.1, 0.15) is 11.1 Å². The molecule has 0 amide bonds. The lowest BCUT2D eigenvalue weighted by molar-refractivity contribution is 1.37. The summed E-state index contributed by atoms with van der Waals surface area (Å²) >= 11 is 0. The summed E-state index contributed by atoms with van der Waals surface area (Å²) in [5.74, 6) is 0. The number of nitrogen functional groups attached to an aromatic ring is 1. The molecule has 2 N–H and O–H groups in total. The number of anilines is 1. The van der Waals surface area contributed by atoms with Crippen molar-refractivity contribution < 1.29 is 0 Å². The van der Waals surface area contributed by atoms with Crippen LogP contribution in [0.25, 0.3) is 10.8 Å². The van der Waals surface area contributed by atoms with E-state index in [2.05, 4.69) is 32.0 Å². The summed E-state index contributed by atoms with van der Waals surface area (Å²) in [6.07, 6.45) is 0. The van der Waals surface area contributed by atoms with Gasteiger partial charge in [0.25, 0.3) is 0 Å². The quantitative estimate of drug-likeness (QED) is 0.606. The second-order valence-electron chi connectivity index (χ2n) is 3.54. The van der Waals surface area contributed by atoms with Gasteiger partial charge in [-0.3, -0.25) is 0 Å². The van der Waals surface area contributed by atoms with Crippen molar-refractivity contribution in [3.05, 3.63) is 41.5 Å². The van der Waals surface area contributed by atoms with E-state index in [1.54, 1.807) is 0 Å². The molecule has 13 heavy (non-hydrogen) atoms. The van der Waals surface area contributed by atoms with Crippen molar-refractivity contribution in [1.29, 1.82) is 0 Å². The fraction of sp³-hybridized carbons (Fsp3) is 0.167. The second-order valence-corrected chi connectivity index (χ2v) is 3.54. The van der Waals surface area contributed by atoms with Crippen LogP contribution >= 0.6 is 0 Å². The van der Waals surface area contributed by atoms with Gasteiger partial charge in [0.15, 0.2) is 0 Å². The number of aryl methyl sites for hydroxylation is 2. The van der Waals surface area contributed by atoms with Crippen LogP contribution < -0.4 is 5.73 Å². The van der Waals surface area contributed by atoms with Gasteiger partial charge in [-0.15, -0.1) is 0 Å². The molecule has 0 heterocycles. The van der Waals surface area contributed by atoms with Gasteiger partial charge in [-0.2, -0.15) is 0 Å². The Labute approximate surface area is 78.2 Å². The average molecular weight is 171 g/mol. The van der Waals surface area contributed by atoms with E-state index >= 15 is 0 Å². The standard InChI is InChI=1S/C12H13N/c1-8-5-10-3-4-12(13)7-11(10)6-9(8)2/h3-7H,13H2,1-2H3. The van der Waals surface area contributed by atoms with Crippen LogP contribution in [0.4, 0.5) is 5.69 Å². The number of fused-ring (bicyclic) bond motifs is 1. The summed E-state index contributed by atoms with van der Waals surface area (Å²) in [6.45, 7) is 4.25. The number of hydrogen-bond donors (Lipinski definition) is 1. The van der Waals surface area contributed by atoms with Crippen molar-refractivity contribution in [3.63, 3.8) is 0 Å². The van der Waals surface area contributed by atoms with Gasteiger partial charge in [0.1, 0.15) is 0 Å². The predicted octanol–water partition coefficient (Wildman–Crippen LogP) is 3.04. The molecule has 0 aromatic heterocycles. The Kier molecular flexibility index (Phi) is 1.73. The maximum atomic E-state index is 5.71. The number of rotatable bonds is 0. The van der Waals surface area contributed by atoms with Gasteiger partial charge in [-0.05, 0) is 47.9 Å². The first kappa shape index (κ1) is 8.11. The first-order chi connectivity index (χ1) is 6.16. The summed E-state index contributed by atoms with van der Waals surface area (Å²) in [7, 11) is 0. The van der Waals surface area contributed by atoms with Crippen molar-refractivity contribution in [3.8, 4) is 0 Å². The number of nitrogens with two attached hydrogens (primary N) is 1. The van der Waals surface area contributed by atoms with Gasteiger partial charge in [0.2, 0.25) is 0 Å². The smallest absolute Gasteiger partial charge is 0.0320 e. The first-order valence-corrected chi connectivity index (χ1v) is 4.43. The average Bonchev–Trinajstić information content (AvgIpc) is 2.08. The van der Waals surface area contributed by atoms with Crippen LogP contribution in [0.15, 0.2) is 30.3 Å². The van der Waals surface area contributed by atoms with Crippen molar-refractivity contribution in [2.45, 2.75) is 13.8 Å². The zero-order chi connectivity index (χ0) is 9.42. The van der Waals surface area contributed by atoms with E-state index in [9.17, 15) is 0 Å². The minimum Gasteiger partial charge on any atom is -0.399 e. The SMILES string of the molecule is Cc1cc2ccc(N)cc2cc1C. The molecule has 0 atom stereocenters. The molecule has 0 unspecified atom stereocenters. The molecule has 1 nitrogen and oxygen atoms in total. The van der Waals surface area contributed by atoms with E-state index in [0.717, 1.165) is 5.69 Å². The van der Waals surface area contributed by atoms with Crippen molar-refractivity contribution >= 4 is 16.5 Å². The van der Waals surface area contributed by atoms with Crippen molar-refractivity contribution in [2.75, 3.05) is 5.73 Å². The van der Waals surface area contributed by atoms with Crippen LogP contribution in [-0.4, -0.2) is 0 Å². The lowest BCUT2D eigenvalue weighted by Crippen LogP contribution is -1.86. The number of benzene rings is 2. The summed E-state index contributed by atoms with van der Waals surface area (Å²) in [4.78, 5) is 0. The molecular formula is C12H13N. The van der Waals surface area contributed by atoms with E-state index in [4.69, 9.17) is 5.73 Å². The molecule has 2 rings (SSSR count). The highest BCUT2D eigenvalue weighted by molar-refractivity contribution is 5.86. The normalized spacial score (nSPS) is 10.6. The molecule has 0 fully saturated rings. The molecule has 2 aromatic rings. The van der Waals surface area contributed by atoms with E-state index in [0.29, 0.717) is 0 Å². The second kappa shape index (κ2) is 2.77. The highest BCUT2D eigenvalue weighted by Gasteiger charge is 1.97. The summed E-state index contributed by atoms with van der Waals surface area (Å²) < 4.78 is 0. The van der Waals surface area contributed by atoms with Crippen molar-refractivity contribution in [1.82, 2.24) is 0 Å². The van der Waals surface area contributed by atoms with Crippen LogP contribution in [0.2, 0.25) is 0 Å². The molecule has 0 aliphatic rings. The Morgan fingerprint density at radius 1 is 0.846 bits per heavy atom. The molecule has 0 spiro atoms. The molecule has 1 heteroatoms. The third-order valence-electron chi connectivity index (χ3n) is 2.48. The van der Waals surface area contributed by atoms with Crippen molar-refractivity contribution in [2.24, 2.45) is 0 Å². The van der Waals surface area contributed by atoms with Crippen LogP contribution in [0.3, 0.4) is 0 Å². The zero-order valence-corrected chi connectivity index (χ0v) is 7.96. The Bertz CT molecular complexity index is 458. The Morgan fingerprint density at radius 2 is 1.46 bits per heavy atom. The lowest BCUT2D eigenvalue weighted by Gasteiger charge is -2.04. The van der Waals surface area contributed by atoms with Crippen LogP contribution in [0.5, 0.6) is 0 Å². The fourth-order valence-electron chi connectivity index (χ4n) is 1.54. The third-order valence-corrected chi connectivity index (χ3v) is 2.48. The molecule has 0 radical (unpaired) electrons. The summed E-state index contributed by atoms with van der Waals surface area (Å²) in [5.41, 5.74) is 9.19. The maximum Gasteiger partial charge on any atom is 0.0320 e. The number of hydrogen-bond acceptors (Lipinski definition) is 1. The van der Waals surface area contributed by atoms with Gasteiger partial charge in [-0.25, -0.2) is 0 Å². The highest BCUT2D eigenvalue weighted by atomic mass is 14.5. The summed E-state index contributed by atoms with van der Waals surface area (Å²) in [5, 5.41) is 2.49. The zero-order valence-electron chi connectivity index (χ0n) is 7.96. The molecule has 0 saturated carbocycles. The molecule has 0 saturated heterocycles. The van der Waals surface area contributed by atoms with Gasteiger partial charge in [0.05, 0.1) is 0 Å². The minimum atomic E-state index is 0.829. The Morgan fingerprint density at radius 3 is 2.15 bits per heavy atom. The lowest BCUT2D eigenvalue weighted by atomic mass is 10.0. The van der Waals surface area contributed by atoms with E-state index in [1.807, 2.05) is 12.1 Å². The molecule has 0 bridgehead atoms. The largest absolute Gasteiger partial charge is 0.399 e.